The zero-order chi connectivity index (χ0) is 15.8. The number of piperazine rings is 1. The molecule has 2 aromatic carbocycles. The molecule has 0 saturated carbocycles. The molecular formula is C20H22N2O. The van der Waals surface area contributed by atoms with E-state index >= 15 is 0 Å². The highest BCUT2D eigenvalue weighted by molar-refractivity contribution is 5.97. The van der Waals surface area contributed by atoms with Gasteiger partial charge in [0.2, 0.25) is 0 Å². The molecule has 2 heterocycles. The highest BCUT2D eigenvalue weighted by Gasteiger charge is 2.36. The molecule has 3 nitrogen and oxygen atoms in total. The lowest BCUT2D eigenvalue weighted by Crippen LogP contribution is -2.57. The van der Waals surface area contributed by atoms with Gasteiger partial charge in [0, 0.05) is 37.8 Å². The van der Waals surface area contributed by atoms with E-state index in [-0.39, 0.29) is 5.91 Å². The van der Waals surface area contributed by atoms with Gasteiger partial charge in [-0.2, -0.15) is 0 Å². The molecule has 0 unspecified atom stereocenters. The molecule has 4 rings (SSSR count). The standard InChI is InChI=1S/C20H22N2O/c1-15-7-8-19-17(11-15)12-18-14-21(9-10-22(18)20(19)23)13-16-5-3-2-4-6-16/h2-8,11,18H,9-10,12-14H2,1H3/t18-/m1/s1. The van der Waals surface area contributed by atoms with E-state index in [4.69, 9.17) is 0 Å². The van der Waals surface area contributed by atoms with Crippen LogP contribution in [0.25, 0.3) is 0 Å². The Morgan fingerprint density at radius 3 is 2.74 bits per heavy atom. The Balaban J connectivity index is 1.53. The summed E-state index contributed by atoms with van der Waals surface area (Å²) in [6.45, 7) is 5.83. The van der Waals surface area contributed by atoms with Crippen molar-refractivity contribution in [3.05, 3.63) is 70.8 Å². The molecule has 2 aliphatic heterocycles. The number of rotatable bonds is 2. The van der Waals surface area contributed by atoms with Gasteiger partial charge in [-0.05, 0) is 30.5 Å². The van der Waals surface area contributed by atoms with Crippen LogP contribution in [0, 0.1) is 6.92 Å². The van der Waals surface area contributed by atoms with Crippen molar-refractivity contribution in [1.29, 1.82) is 0 Å². The van der Waals surface area contributed by atoms with Gasteiger partial charge in [0.05, 0.1) is 0 Å². The van der Waals surface area contributed by atoms with E-state index in [2.05, 4.69) is 53.1 Å². The van der Waals surface area contributed by atoms with Crippen LogP contribution < -0.4 is 0 Å². The Kier molecular flexibility index (Phi) is 3.66. The third kappa shape index (κ3) is 2.77. The van der Waals surface area contributed by atoms with Crippen LogP contribution >= 0.6 is 0 Å². The molecule has 0 N–H and O–H groups in total. The third-order valence-electron chi connectivity index (χ3n) is 5.02. The van der Waals surface area contributed by atoms with Gasteiger partial charge in [-0.15, -0.1) is 0 Å². The molecule has 0 aromatic heterocycles. The molecule has 2 aliphatic rings. The maximum absolute atomic E-state index is 12.7. The summed E-state index contributed by atoms with van der Waals surface area (Å²) in [5, 5.41) is 0. The van der Waals surface area contributed by atoms with E-state index in [1.165, 1.54) is 16.7 Å². The molecular weight excluding hydrogens is 284 g/mol. The molecule has 1 amide bonds. The first kappa shape index (κ1) is 14.5. The second-order valence-electron chi connectivity index (χ2n) is 6.74. The third-order valence-corrected chi connectivity index (χ3v) is 5.02. The lowest BCUT2D eigenvalue weighted by molar-refractivity contribution is 0.0402. The molecule has 23 heavy (non-hydrogen) atoms. The molecule has 1 fully saturated rings. The monoisotopic (exact) mass is 306 g/mol. The first-order valence-corrected chi connectivity index (χ1v) is 8.37. The Bertz CT molecular complexity index is 726. The van der Waals surface area contributed by atoms with Crippen molar-refractivity contribution >= 4 is 5.91 Å². The van der Waals surface area contributed by atoms with Gasteiger partial charge >= 0.3 is 0 Å². The second kappa shape index (κ2) is 5.82. The number of hydrogen-bond acceptors (Lipinski definition) is 2. The molecule has 3 heteroatoms. The highest BCUT2D eigenvalue weighted by atomic mass is 16.2. The van der Waals surface area contributed by atoms with Gasteiger partial charge in [0.15, 0.2) is 0 Å². The lowest BCUT2D eigenvalue weighted by Gasteiger charge is -2.44. The van der Waals surface area contributed by atoms with Crippen LogP contribution in [0.15, 0.2) is 48.5 Å². The van der Waals surface area contributed by atoms with Gasteiger partial charge in [0.25, 0.3) is 5.91 Å². The fourth-order valence-electron chi connectivity index (χ4n) is 3.86. The summed E-state index contributed by atoms with van der Waals surface area (Å²) >= 11 is 0. The molecule has 0 spiro atoms. The fourth-order valence-corrected chi connectivity index (χ4v) is 3.86. The predicted octanol–water partition coefficient (Wildman–Crippen LogP) is 2.88. The summed E-state index contributed by atoms with van der Waals surface area (Å²) in [7, 11) is 0. The predicted molar refractivity (Wildman–Crippen MR) is 91.4 cm³/mol. The first-order chi connectivity index (χ1) is 11.2. The number of carbonyl (C=O) groups excluding carboxylic acids is 1. The summed E-state index contributed by atoms with van der Waals surface area (Å²) in [5.74, 6) is 0.218. The van der Waals surface area contributed by atoms with Crippen molar-refractivity contribution in [2.45, 2.75) is 25.9 Å². The molecule has 1 atom stereocenters. The molecule has 1 saturated heterocycles. The molecule has 118 valence electrons. The number of aryl methyl sites for hydroxylation is 1. The van der Waals surface area contributed by atoms with Crippen molar-refractivity contribution in [3.8, 4) is 0 Å². The molecule has 0 bridgehead atoms. The summed E-state index contributed by atoms with van der Waals surface area (Å²) in [6.07, 6.45) is 0.980. The summed E-state index contributed by atoms with van der Waals surface area (Å²) in [6, 6.07) is 17.1. The maximum atomic E-state index is 12.7. The SMILES string of the molecule is Cc1ccc2c(c1)C[C@@H]1CN(Cc3ccccc3)CCN1C2=O. The van der Waals surface area contributed by atoms with E-state index in [1.807, 2.05) is 12.1 Å². The molecule has 0 aliphatic carbocycles. The van der Waals surface area contributed by atoms with Crippen molar-refractivity contribution in [1.82, 2.24) is 9.80 Å². The van der Waals surface area contributed by atoms with E-state index in [1.54, 1.807) is 0 Å². The second-order valence-corrected chi connectivity index (χ2v) is 6.74. The fraction of sp³-hybridized carbons (Fsp3) is 0.350. The largest absolute Gasteiger partial charge is 0.333 e. The van der Waals surface area contributed by atoms with Gasteiger partial charge in [-0.25, -0.2) is 0 Å². The van der Waals surface area contributed by atoms with Crippen LogP contribution in [0.4, 0.5) is 0 Å². The minimum atomic E-state index is 0.218. The smallest absolute Gasteiger partial charge is 0.254 e. The van der Waals surface area contributed by atoms with Crippen LogP contribution in [0.2, 0.25) is 0 Å². The number of benzene rings is 2. The number of amides is 1. The Morgan fingerprint density at radius 2 is 1.91 bits per heavy atom. The average molecular weight is 306 g/mol. The van der Waals surface area contributed by atoms with E-state index in [0.717, 1.165) is 38.2 Å². The number of fused-ring (bicyclic) bond motifs is 2. The van der Waals surface area contributed by atoms with E-state index < -0.39 is 0 Å². The highest BCUT2D eigenvalue weighted by Crippen LogP contribution is 2.27. The Hall–Kier alpha value is -2.13. The van der Waals surface area contributed by atoms with Crippen LogP contribution in [-0.2, 0) is 13.0 Å². The molecule has 0 radical (unpaired) electrons. The zero-order valence-electron chi connectivity index (χ0n) is 13.5. The van der Waals surface area contributed by atoms with Gasteiger partial charge < -0.3 is 4.90 Å². The first-order valence-electron chi connectivity index (χ1n) is 8.37. The number of nitrogens with zero attached hydrogens (tertiary/aromatic N) is 2. The van der Waals surface area contributed by atoms with Crippen molar-refractivity contribution < 1.29 is 4.79 Å². The Morgan fingerprint density at radius 1 is 1.09 bits per heavy atom. The summed E-state index contributed by atoms with van der Waals surface area (Å²) in [5.41, 5.74) is 4.71. The lowest BCUT2D eigenvalue weighted by atomic mass is 9.90. The summed E-state index contributed by atoms with van der Waals surface area (Å²) < 4.78 is 0. The molecule has 2 aromatic rings. The maximum Gasteiger partial charge on any atom is 0.254 e. The quantitative estimate of drug-likeness (QED) is 0.852. The normalized spacial score (nSPS) is 21.0. The van der Waals surface area contributed by atoms with Gasteiger partial charge in [-0.1, -0.05) is 48.0 Å². The number of carbonyl (C=O) groups is 1. The van der Waals surface area contributed by atoms with Crippen molar-refractivity contribution in [2.75, 3.05) is 19.6 Å². The van der Waals surface area contributed by atoms with E-state index in [9.17, 15) is 4.79 Å². The minimum absolute atomic E-state index is 0.218. The average Bonchev–Trinajstić information content (AvgIpc) is 2.55. The topological polar surface area (TPSA) is 23.6 Å². The zero-order valence-corrected chi connectivity index (χ0v) is 13.5. The van der Waals surface area contributed by atoms with E-state index in [0.29, 0.717) is 6.04 Å². The van der Waals surface area contributed by atoms with Crippen molar-refractivity contribution in [3.63, 3.8) is 0 Å². The summed E-state index contributed by atoms with van der Waals surface area (Å²) in [4.78, 5) is 17.3. The van der Waals surface area contributed by atoms with Crippen LogP contribution in [-0.4, -0.2) is 41.4 Å². The minimum Gasteiger partial charge on any atom is -0.333 e. The van der Waals surface area contributed by atoms with Crippen LogP contribution in [0.5, 0.6) is 0 Å². The van der Waals surface area contributed by atoms with Gasteiger partial charge in [-0.3, -0.25) is 9.69 Å². The van der Waals surface area contributed by atoms with Crippen molar-refractivity contribution in [2.24, 2.45) is 0 Å². The van der Waals surface area contributed by atoms with Gasteiger partial charge in [0.1, 0.15) is 0 Å². The van der Waals surface area contributed by atoms with Crippen LogP contribution in [0.3, 0.4) is 0 Å². The number of hydrogen-bond donors (Lipinski definition) is 0. The Labute approximate surface area is 137 Å². The van der Waals surface area contributed by atoms with Crippen LogP contribution in [0.1, 0.15) is 27.0 Å².